The predicted octanol–water partition coefficient (Wildman–Crippen LogP) is 2.48. The second-order valence-corrected chi connectivity index (χ2v) is 2.18. The van der Waals surface area contributed by atoms with Crippen molar-refractivity contribution in [3.05, 3.63) is 30.1 Å². The third-order valence-electron chi connectivity index (χ3n) is 1.01. The molecule has 0 saturated heterocycles. The lowest BCUT2D eigenvalue weighted by atomic mass is 10.3. The standard InChI is InChI=1S/C7H7FOS/c1-10-9-7-5-3-2-4-6(7)8/h2-5H,1H3. The maximum Gasteiger partial charge on any atom is 0.172 e. The minimum atomic E-state index is -0.322. The molecule has 0 heterocycles. The predicted molar refractivity (Wildman–Crippen MR) is 40.5 cm³/mol. The zero-order valence-electron chi connectivity index (χ0n) is 5.50. The van der Waals surface area contributed by atoms with E-state index < -0.39 is 0 Å². The normalized spacial score (nSPS) is 9.40. The number of benzene rings is 1. The zero-order chi connectivity index (χ0) is 7.40. The molecule has 0 spiro atoms. The third-order valence-corrected chi connectivity index (χ3v) is 1.36. The van der Waals surface area contributed by atoms with Crippen LogP contribution in [0.25, 0.3) is 0 Å². The molecule has 0 aliphatic heterocycles. The van der Waals surface area contributed by atoms with Gasteiger partial charge in [0.1, 0.15) is 0 Å². The summed E-state index contributed by atoms with van der Waals surface area (Å²) in [4.78, 5) is 0. The lowest BCUT2D eigenvalue weighted by molar-refractivity contribution is 0.543. The zero-order valence-corrected chi connectivity index (χ0v) is 6.32. The Morgan fingerprint density at radius 1 is 1.40 bits per heavy atom. The van der Waals surface area contributed by atoms with Gasteiger partial charge in [-0.15, -0.1) is 0 Å². The van der Waals surface area contributed by atoms with Gasteiger partial charge in [-0.05, 0) is 12.1 Å². The Bertz CT molecular complexity index is 215. The first-order chi connectivity index (χ1) is 4.84. The average Bonchev–Trinajstić information content (AvgIpc) is 1.94. The van der Waals surface area contributed by atoms with E-state index in [1.54, 1.807) is 24.5 Å². The van der Waals surface area contributed by atoms with Crippen LogP contribution in [0.3, 0.4) is 0 Å². The summed E-state index contributed by atoms with van der Waals surface area (Å²) >= 11 is 1.13. The van der Waals surface area contributed by atoms with Gasteiger partial charge in [0.05, 0.1) is 12.0 Å². The first-order valence-electron chi connectivity index (χ1n) is 2.80. The molecule has 0 saturated carbocycles. The van der Waals surface area contributed by atoms with Gasteiger partial charge in [0, 0.05) is 6.26 Å². The van der Waals surface area contributed by atoms with Crippen molar-refractivity contribution in [2.75, 3.05) is 6.26 Å². The van der Waals surface area contributed by atoms with E-state index in [1.807, 2.05) is 0 Å². The summed E-state index contributed by atoms with van der Waals surface area (Å²) in [6.07, 6.45) is 1.74. The van der Waals surface area contributed by atoms with Crippen molar-refractivity contribution in [1.29, 1.82) is 0 Å². The van der Waals surface area contributed by atoms with Crippen LogP contribution in [0, 0.1) is 5.82 Å². The van der Waals surface area contributed by atoms with Gasteiger partial charge in [0.15, 0.2) is 11.6 Å². The Balaban J connectivity index is 2.81. The molecular formula is C7H7FOS. The topological polar surface area (TPSA) is 9.23 Å². The van der Waals surface area contributed by atoms with Gasteiger partial charge in [0.25, 0.3) is 0 Å². The highest BCUT2D eigenvalue weighted by atomic mass is 32.2. The molecule has 54 valence electrons. The largest absolute Gasteiger partial charge is 0.423 e. The molecule has 0 aliphatic carbocycles. The van der Waals surface area contributed by atoms with Crippen molar-refractivity contribution in [2.24, 2.45) is 0 Å². The fourth-order valence-electron chi connectivity index (χ4n) is 0.602. The molecule has 10 heavy (non-hydrogen) atoms. The van der Waals surface area contributed by atoms with Crippen LogP contribution in [0.1, 0.15) is 0 Å². The molecule has 0 fully saturated rings. The molecule has 0 unspecified atom stereocenters. The molecule has 1 aromatic carbocycles. The summed E-state index contributed by atoms with van der Waals surface area (Å²) < 4.78 is 17.5. The lowest BCUT2D eigenvalue weighted by Gasteiger charge is -1.99. The first kappa shape index (κ1) is 7.41. The summed E-state index contributed by atoms with van der Waals surface area (Å²) in [5.41, 5.74) is 0. The maximum absolute atomic E-state index is 12.6. The number of hydrogen-bond donors (Lipinski definition) is 0. The first-order valence-corrected chi connectivity index (χ1v) is 3.95. The third kappa shape index (κ3) is 1.64. The second kappa shape index (κ2) is 3.46. The molecule has 3 heteroatoms. The fraction of sp³-hybridized carbons (Fsp3) is 0.143. The van der Waals surface area contributed by atoms with E-state index in [-0.39, 0.29) is 11.6 Å². The Morgan fingerprint density at radius 3 is 2.70 bits per heavy atom. The highest BCUT2D eigenvalue weighted by Gasteiger charge is 1.98. The van der Waals surface area contributed by atoms with Crippen LogP contribution in [0.2, 0.25) is 0 Å². The highest BCUT2D eigenvalue weighted by Crippen LogP contribution is 2.18. The molecule has 1 nitrogen and oxygen atoms in total. The summed E-state index contributed by atoms with van der Waals surface area (Å²) in [6, 6.07) is 6.31. The van der Waals surface area contributed by atoms with E-state index in [0.717, 1.165) is 12.0 Å². The lowest BCUT2D eigenvalue weighted by Crippen LogP contribution is -1.82. The van der Waals surface area contributed by atoms with E-state index in [0.29, 0.717) is 0 Å². The molecule has 0 amide bonds. The summed E-state index contributed by atoms with van der Waals surface area (Å²) in [5, 5.41) is 0. The minimum absolute atomic E-state index is 0.287. The van der Waals surface area contributed by atoms with E-state index in [1.165, 1.54) is 6.07 Å². The van der Waals surface area contributed by atoms with Gasteiger partial charge in [-0.2, -0.15) is 0 Å². The molecule has 0 radical (unpaired) electrons. The van der Waals surface area contributed by atoms with Gasteiger partial charge >= 0.3 is 0 Å². The van der Waals surface area contributed by atoms with Crippen LogP contribution in [-0.4, -0.2) is 6.26 Å². The average molecular weight is 158 g/mol. The molecule has 0 N–H and O–H groups in total. The van der Waals surface area contributed by atoms with Crippen LogP contribution < -0.4 is 4.18 Å². The number of halogens is 1. The van der Waals surface area contributed by atoms with E-state index in [2.05, 4.69) is 0 Å². The molecule has 0 aliphatic rings. The minimum Gasteiger partial charge on any atom is -0.423 e. The monoisotopic (exact) mass is 158 g/mol. The van der Waals surface area contributed by atoms with Crippen molar-refractivity contribution in [1.82, 2.24) is 0 Å². The molecule has 0 aromatic heterocycles. The van der Waals surface area contributed by atoms with Crippen molar-refractivity contribution >= 4 is 12.0 Å². The second-order valence-electron chi connectivity index (χ2n) is 1.68. The van der Waals surface area contributed by atoms with Crippen LogP contribution >= 0.6 is 12.0 Å². The quantitative estimate of drug-likeness (QED) is 0.611. The van der Waals surface area contributed by atoms with Crippen molar-refractivity contribution < 1.29 is 8.57 Å². The SMILES string of the molecule is CSOc1ccccc1F. The summed E-state index contributed by atoms with van der Waals surface area (Å²) in [6.45, 7) is 0. The van der Waals surface area contributed by atoms with Crippen molar-refractivity contribution in [3.8, 4) is 5.75 Å². The summed E-state index contributed by atoms with van der Waals surface area (Å²) in [7, 11) is 0. The van der Waals surface area contributed by atoms with Gasteiger partial charge < -0.3 is 4.18 Å². The Morgan fingerprint density at radius 2 is 2.10 bits per heavy atom. The molecule has 1 aromatic rings. The van der Waals surface area contributed by atoms with Crippen molar-refractivity contribution in [2.45, 2.75) is 0 Å². The smallest absolute Gasteiger partial charge is 0.172 e. The maximum atomic E-state index is 12.6. The Labute approximate surface area is 63.4 Å². The van der Waals surface area contributed by atoms with Crippen LogP contribution in [0.15, 0.2) is 24.3 Å². The van der Waals surface area contributed by atoms with Gasteiger partial charge in [-0.1, -0.05) is 12.1 Å². The summed E-state index contributed by atoms with van der Waals surface area (Å²) in [5.74, 6) is -0.0353. The van der Waals surface area contributed by atoms with Gasteiger partial charge in [0.2, 0.25) is 0 Å². The van der Waals surface area contributed by atoms with E-state index in [9.17, 15) is 4.39 Å². The van der Waals surface area contributed by atoms with E-state index in [4.69, 9.17) is 4.18 Å². The number of para-hydroxylation sites is 1. The molecule has 0 bridgehead atoms. The fourth-order valence-corrected chi connectivity index (χ4v) is 0.917. The van der Waals surface area contributed by atoms with Crippen LogP contribution in [0.5, 0.6) is 5.75 Å². The number of hydrogen-bond acceptors (Lipinski definition) is 2. The molecule has 1 rings (SSSR count). The van der Waals surface area contributed by atoms with Gasteiger partial charge in [-0.25, -0.2) is 4.39 Å². The Hall–Kier alpha value is -0.700. The van der Waals surface area contributed by atoms with Gasteiger partial charge in [-0.3, -0.25) is 0 Å². The molecule has 0 atom stereocenters. The Kier molecular flexibility index (Phi) is 2.57. The van der Waals surface area contributed by atoms with Crippen molar-refractivity contribution in [3.63, 3.8) is 0 Å². The van der Waals surface area contributed by atoms with Crippen LogP contribution in [-0.2, 0) is 0 Å². The van der Waals surface area contributed by atoms with E-state index >= 15 is 0 Å². The highest BCUT2D eigenvalue weighted by molar-refractivity contribution is 7.94. The molecular weight excluding hydrogens is 151 g/mol. The number of rotatable bonds is 2. The van der Waals surface area contributed by atoms with Crippen LogP contribution in [0.4, 0.5) is 4.39 Å².